The summed E-state index contributed by atoms with van der Waals surface area (Å²) in [6.07, 6.45) is 0.327. The van der Waals surface area contributed by atoms with Crippen LogP contribution in [0.3, 0.4) is 0 Å². The fourth-order valence-electron chi connectivity index (χ4n) is 1.18. The molecule has 0 heterocycles. The first-order chi connectivity index (χ1) is 8.39. The maximum Gasteiger partial charge on any atom is 0.332 e. The van der Waals surface area contributed by atoms with Gasteiger partial charge in [0, 0.05) is 5.69 Å². The van der Waals surface area contributed by atoms with Gasteiger partial charge in [0.15, 0.2) is 0 Å². The van der Waals surface area contributed by atoms with Crippen LogP contribution in [0.5, 0.6) is 0 Å². The second-order valence-electron chi connectivity index (χ2n) is 3.95. The fourth-order valence-corrected chi connectivity index (χ4v) is 2.23. The number of anilines is 1. The number of para-hydroxylation sites is 1. The summed E-state index contributed by atoms with van der Waals surface area (Å²) in [7, 11) is -3.62. The van der Waals surface area contributed by atoms with Crippen LogP contribution in [0.15, 0.2) is 42.5 Å². The minimum atomic E-state index is -3.62. The van der Waals surface area contributed by atoms with Crippen molar-refractivity contribution in [3.63, 3.8) is 0 Å². The zero-order chi connectivity index (χ0) is 13.6. The summed E-state index contributed by atoms with van der Waals surface area (Å²) >= 11 is 0. The van der Waals surface area contributed by atoms with Gasteiger partial charge in [-0.3, -0.25) is 0 Å². The highest BCUT2D eigenvalue weighted by Gasteiger charge is 2.14. The molecule has 1 aromatic rings. The summed E-state index contributed by atoms with van der Waals surface area (Å²) < 4.78 is 25.0. The molecule has 0 fully saturated rings. The Bertz CT molecular complexity index is 524. The van der Waals surface area contributed by atoms with Gasteiger partial charge < -0.3 is 5.32 Å². The van der Waals surface area contributed by atoms with E-state index < -0.39 is 16.1 Å². The summed E-state index contributed by atoms with van der Waals surface area (Å²) in [6, 6.07) is 7.85. The Hall–Kier alpha value is -1.82. The molecule has 0 spiro atoms. The molecule has 0 radical (unpaired) electrons. The second kappa shape index (κ2) is 6.20. The van der Waals surface area contributed by atoms with Crippen molar-refractivity contribution in [1.29, 1.82) is 0 Å². The largest absolute Gasteiger partial charge is 0.332 e. The Morgan fingerprint density at radius 3 is 2.44 bits per heavy atom. The van der Waals surface area contributed by atoms with Crippen molar-refractivity contribution in [2.75, 3.05) is 11.1 Å². The van der Waals surface area contributed by atoms with Crippen LogP contribution in [-0.2, 0) is 10.0 Å². The van der Waals surface area contributed by atoms with Crippen LogP contribution in [0.2, 0.25) is 0 Å². The van der Waals surface area contributed by atoms with E-state index in [0.29, 0.717) is 12.1 Å². The van der Waals surface area contributed by atoms with Gasteiger partial charge in [-0.25, -0.2) is 17.9 Å². The molecule has 2 N–H and O–H groups in total. The molecule has 0 saturated carbocycles. The number of hydrogen-bond acceptors (Lipinski definition) is 3. The van der Waals surface area contributed by atoms with Crippen LogP contribution >= 0.6 is 0 Å². The van der Waals surface area contributed by atoms with Crippen LogP contribution in [0.4, 0.5) is 10.5 Å². The molecule has 1 rings (SSSR count). The first kappa shape index (κ1) is 14.2. The van der Waals surface area contributed by atoms with Crippen LogP contribution < -0.4 is 10.0 Å². The molecule has 2 amide bonds. The lowest BCUT2D eigenvalue weighted by molar-refractivity contribution is 0.256. The second-order valence-corrected chi connectivity index (χ2v) is 5.79. The number of rotatable bonds is 5. The van der Waals surface area contributed by atoms with Crippen molar-refractivity contribution < 1.29 is 13.2 Å². The van der Waals surface area contributed by atoms with E-state index in [9.17, 15) is 13.2 Å². The maximum atomic E-state index is 11.5. The zero-order valence-corrected chi connectivity index (χ0v) is 11.0. The number of allylic oxidation sites excluding steroid dienone is 1. The number of amides is 2. The Morgan fingerprint density at radius 1 is 1.28 bits per heavy atom. The Morgan fingerprint density at radius 2 is 1.89 bits per heavy atom. The summed E-state index contributed by atoms with van der Waals surface area (Å²) in [5.41, 5.74) is 1.29. The summed E-state index contributed by atoms with van der Waals surface area (Å²) in [5.74, 6) is -0.148. The highest BCUT2D eigenvalue weighted by Crippen LogP contribution is 2.05. The van der Waals surface area contributed by atoms with Crippen LogP contribution in [0.25, 0.3) is 0 Å². The molecule has 0 unspecified atom stereocenters. The van der Waals surface area contributed by atoms with Gasteiger partial charge >= 0.3 is 6.03 Å². The number of hydrogen-bond donors (Lipinski definition) is 2. The fraction of sp³-hybridized carbons (Fsp3) is 0.250. The average molecular weight is 268 g/mol. The molecule has 1 aromatic carbocycles. The third-order valence-corrected chi connectivity index (χ3v) is 3.32. The van der Waals surface area contributed by atoms with Crippen molar-refractivity contribution in [2.45, 2.75) is 13.3 Å². The zero-order valence-electron chi connectivity index (χ0n) is 10.1. The van der Waals surface area contributed by atoms with Crippen molar-refractivity contribution in [2.24, 2.45) is 0 Å². The predicted molar refractivity (Wildman–Crippen MR) is 71.8 cm³/mol. The molecular weight excluding hydrogens is 252 g/mol. The lowest BCUT2D eigenvalue weighted by atomic mass is 10.3. The highest BCUT2D eigenvalue weighted by molar-refractivity contribution is 7.90. The van der Waals surface area contributed by atoms with Crippen molar-refractivity contribution >= 4 is 21.7 Å². The molecule has 0 aromatic heterocycles. The van der Waals surface area contributed by atoms with Gasteiger partial charge in [0.2, 0.25) is 10.0 Å². The Labute approximate surface area is 107 Å². The standard InChI is InChI=1S/C12H16N2O3S/c1-10(2)8-9-18(16,17)14-12(15)13-11-6-4-3-5-7-11/h3-7H,1,8-9H2,2H3,(H2,13,14,15). The molecule has 0 saturated heterocycles. The third-order valence-electron chi connectivity index (χ3n) is 2.08. The monoisotopic (exact) mass is 268 g/mol. The molecule has 98 valence electrons. The predicted octanol–water partition coefficient (Wildman–Crippen LogP) is 2.10. The van der Waals surface area contributed by atoms with Crippen molar-refractivity contribution in [1.82, 2.24) is 4.72 Å². The summed E-state index contributed by atoms with van der Waals surface area (Å²) in [6.45, 7) is 5.35. The number of nitrogens with one attached hydrogen (secondary N) is 2. The number of carbonyl (C=O) groups is 1. The van der Waals surface area contributed by atoms with Gasteiger partial charge in [-0.2, -0.15) is 0 Å². The van der Waals surface area contributed by atoms with Gasteiger partial charge in [0.05, 0.1) is 5.75 Å². The SMILES string of the molecule is C=C(C)CCS(=O)(=O)NC(=O)Nc1ccccc1. The normalized spacial score (nSPS) is 10.7. The summed E-state index contributed by atoms with van der Waals surface area (Å²) in [4.78, 5) is 11.4. The van der Waals surface area contributed by atoms with Gasteiger partial charge in [-0.1, -0.05) is 23.8 Å². The van der Waals surface area contributed by atoms with E-state index in [0.717, 1.165) is 5.57 Å². The lowest BCUT2D eigenvalue weighted by Crippen LogP contribution is -2.35. The smallest absolute Gasteiger partial charge is 0.307 e. The number of carbonyl (C=O) groups excluding carboxylic acids is 1. The van der Waals surface area contributed by atoms with Crippen molar-refractivity contribution in [3.8, 4) is 0 Å². The lowest BCUT2D eigenvalue weighted by Gasteiger charge is -2.08. The average Bonchev–Trinajstić information content (AvgIpc) is 2.27. The van der Waals surface area contributed by atoms with Crippen LogP contribution in [0.1, 0.15) is 13.3 Å². The van der Waals surface area contributed by atoms with Gasteiger partial charge in [0.1, 0.15) is 0 Å². The Kier molecular flexibility index (Phi) is 4.91. The minimum absolute atomic E-state index is 0.148. The number of benzene rings is 1. The van der Waals surface area contributed by atoms with E-state index in [-0.39, 0.29) is 5.75 Å². The number of sulfonamides is 1. The minimum Gasteiger partial charge on any atom is -0.307 e. The van der Waals surface area contributed by atoms with Gasteiger partial charge in [0.25, 0.3) is 0 Å². The van der Waals surface area contributed by atoms with E-state index in [1.54, 1.807) is 37.3 Å². The van der Waals surface area contributed by atoms with Crippen LogP contribution in [-0.4, -0.2) is 20.2 Å². The number of urea groups is 1. The van der Waals surface area contributed by atoms with E-state index in [2.05, 4.69) is 11.9 Å². The quantitative estimate of drug-likeness (QED) is 0.803. The molecule has 0 aliphatic carbocycles. The molecule has 0 atom stereocenters. The van der Waals surface area contributed by atoms with Gasteiger partial charge in [-0.15, -0.1) is 6.58 Å². The molecule has 0 aliphatic heterocycles. The molecular formula is C12H16N2O3S. The molecule has 6 heteroatoms. The maximum absolute atomic E-state index is 11.5. The van der Waals surface area contributed by atoms with Crippen molar-refractivity contribution in [3.05, 3.63) is 42.5 Å². The Balaban J connectivity index is 2.52. The topological polar surface area (TPSA) is 75.3 Å². The van der Waals surface area contributed by atoms with E-state index in [4.69, 9.17) is 0 Å². The molecule has 18 heavy (non-hydrogen) atoms. The summed E-state index contributed by atoms with van der Waals surface area (Å²) in [5, 5.41) is 2.43. The highest BCUT2D eigenvalue weighted by atomic mass is 32.2. The van der Waals surface area contributed by atoms with Gasteiger partial charge in [-0.05, 0) is 25.5 Å². The first-order valence-electron chi connectivity index (χ1n) is 5.40. The third kappa shape index (κ3) is 5.49. The van der Waals surface area contributed by atoms with E-state index >= 15 is 0 Å². The molecule has 5 nitrogen and oxygen atoms in total. The van der Waals surface area contributed by atoms with Crippen LogP contribution in [0, 0.1) is 0 Å². The van der Waals surface area contributed by atoms with E-state index in [1.165, 1.54) is 0 Å². The first-order valence-corrected chi connectivity index (χ1v) is 7.05. The molecule has 0 aliphatic rings. The van der Waals surface area contributed by atoms with E-state index in [1.807, 2.05) is 4.72 Å². The molecule has 0 bridgehead atoms.